The van der Waals surface area contributed by atoms with Crippen LogP contribution in [0.4, 0.5) is 0 Å². The molecule has 0 fully saturated rings. The molecule has 0 spiro atoms. The number of rotatable bonds is 4. The van der Waals surface area contributed by atoms with E-state index in [2.05, 4.69) is 26.8 Å². The van der Waals surface area contributed by atoms with Crippen LogP contribution in [0.15, 0.2) is 97.1 Å². The molecule has 0 radical (unpaired) electrons. The number of aryl methyl sites for hydroxylation is 1. The number of fused-ring (bicyclic) bond motifs is 3. The predicted molar refractivity (Wildman–Crippen MR) is 140 cm³/mol. The molecule has 0 saturated carbocycles. The van der Waals surface area contributed by atoms with Gasteiger partial charge in [0, 0.05) is 5.56 Å². The van der Waals surface area contributed by atoms with Gasteiger partial charge in [0.15, 0.2) is 0 Å². The summed E-state index contributed by atoms with van der Waals surface area (Å²) in [5.74, 6) is -2.88. The number of hydrogen-bond donors (Lipinski definition) is 0. The lowest BCUT2D eigenvalue weighted by molar-refractivity contribution is -0.144. The molecule has 5 rings (SSSR count). The van der Waals surface area contributed by atoms with Crippen molar-refractivity contribution in [3.8, 4) is 11.1 Å². The molecular formula is C32H28O4. The van der Waals surface area contributed by atoms with Crippen LogP contribution in [0.5, 0.6) is 0 Å². The average Bonchev–Trinajstić information content (AvgIpc) is 3.15. The van der Waals surface area contributed by atoms with Crippen LogP contribution < -0.4 is 0 Å². The summed E-state index contributed by atoms with van der Waals surface area (Å²) in [6.45, 7) is 8.39. The van der Waals surface area contributed by atoms with Gasteiger partial charge in [-0.25, -0.2) is 9.59 Å². The topological polar surface area (TPSA) is 52.6 Å². The smallest absolute Gasteiger partial charge is 0.341 e. The Kier molecular flexibility index (Phi) is 5.76. The Morgan fingerprint density at radius 3 is 1.69 bits per heavy atom. The van der Waals surface area contributed by atoms with E-state index in [0.717, 1.165) is 22.3 Å². The SMILES string of the molecule is Cc1ccc(C(C)(C)C)c2c1C(OC(=O)c1ccccc1)(OC(=O)c1ccccc1)c1ccccc1-2. The van der Waals surface area contributed by atoms with Gasteiger partial charge in [0.25, 0.3) is 0 Å². The number of ether oxygens (including phenoxy) is 2. The van der Waals surface area contributed by atoms with Crippen LogP contribution >= 0.6 is 0 Å². The highest BCUT2D eigenvalue weighted by molar-refractivity contribution is 5.94. The Morgan fingerprint density at radius 1 is 0.667 bits per heavy atom. The highest BCUT2D eigenvalue weighted by Gasteiger charge is 2.53. The third-order valence-electron chi connectivity index (χ3n) is 6.59. The van der Waals surface area contributed by atoms with Gasteiger partial charge in [-0.2, -0.15) is 0 Å². The highest BCUT2D eigenvalue weighted by Crippen LogP contribution is 2.55. The fraction of sp³-hybridized carbons (Fsp3) is 0.188. The molecule has 4 aromatic carbocycles. The molecule has 0 N–H and O–H groups in total. The van der Waals surface area contributed by atoms with Gasteiger partial charge in [-0.1, -0.05) is 93.6 Å². The lowest BCUT2D eigenvalue weighted by atomic mass is 9.80. The maximum atomic E-state index is 13.5. The molecule has 1 aliphatic carbocycles. The van der Waals surface area contributed by atoms with E-state index in [4.69, 9.17) is 9.47 Å². The number of carbonyl (C=O) groups is 2. The molecule has 0 aromatic heterocycles. The molecule has 0 aliphatic heterocycles. The lowest BCUT2D eigenvalue weighted by Gasteiger charge is -2.32. The van der Waals surface area contributed by atoms with E-state index in [1.807, 2.05) is 49.4 Å². The van der Waals surface area contributed by atoms with Gasteiger partial charge in [0.1, 0.15) is 0 Å². The highest BCUT2D eigenvalue weighted by atomic mass is 16.7. The average molecular weight is 477 g/mol. The van der Waals surface area contributed by atoms with E-state index in [9.17, 15) is 9.59 Å². The second-order valence-corrected chi connectivity index (χ2v) is 10.1. The zero-order valence-electron chi connectivity index (χ0n) is 20.9. The van der Waals surface area contributed by atoms with Crippen molar-refractivity contribution >= 4 is 11.9 Å². The molecule has 0 heterocycles. The standard InChI is InChI=1S/C32H28O4/c1-21-19-20-26(31(2,3)4)27-24-17-11-12-18-25(24)32(28(21)27,35-29(33)22-13-7-5-8-14-22)36-30(34)23-15-9-6-10-16-23/h5-20H,1-4H3. The van der Waals surface area contributed by atoms with Crippen molar-refractivity contribution in [3.05, 3.63) is 130 Å². The van der Waals surface area contributed by atoms with Crippen LogP contribution in [-0.4, -0.2) is 11.9 Å². The molecule has 1 aliphatic rings. The minimum Gasteiger partial charge on any atom is -0.410 e. The maximum Gasteiger partial charge on any atom is 0.341 e. The number of hydrogen-bond acceptors (Lipinski definition) is 4. The molecule has 0 bridgehead atoms. The molecular weight excluding hydrogens is 448 g/mol. The fourth-order valence-corrected chi connectivity index (χ4v) is 4.92. The molecule has 0 amide bonds. The van der Waals surface area contributed by atoms with Crippen molar-refractivity contribution in [1.29, 1.82) is 0 Å². The van der Waals surface area contributed by atoms with E-state index in [-0.39, 0.29) is 5.41 Å². The van der Waals surface area contributed by atoms with Gasteiger partial charge < -0.3 is 9.47 Å². The van der Waals surface area contributed by atoms with Crippen molar-refractivity contribution in [2.45, 2.75) is 38.9 Å². The van der Waals surface area contributed by atoms with E-state index < -0.39 is 17.7 Å². The molecule has 0 unspecified atom stereocenters. The van der Waals surface area contributed by atoms with Crippen LogP contribution in [0, 0.1) is 6.92 Å². The van der Waals surface area contributed by atoms with E-state index >= 15 is 0 Å². The van der Waals surface area contributed by atoms with Crippen molar-refractivity contribution in [2.75, 3.05) is 0 Å². The molecule has 180 valence electrons. The van der Waals surface area contributed by atoms with Crippen molar-refractivity contribution in [3.63, 3.8) is 0 Å². The Balaban J connectivity index is 1.78. The summed E-state index contributed by atoms with van der Waals surface area (Å²) < 4.78 is 12.6. The third-order valence-corrected chi connectivity index (χ3v) is 6.59. The fourth-order valence-electron chi connectivity index (χ4n) is 4.92. The zero-order valence-corrected chi connectivity index (χ0v) is 20.9. The first-order valence-electron chi connectivity index (χ1n) is 12.0. The maximum absolute atomic E-state index is 13.5. The first-order chi connectivity index (χ1) is 17.2. The second kappa shape index (κ2) is 8.80. The van der Waals surface area contributed by atoms with Gasteiger partial charge in [-0.15, -0.1) is 0 Å². The Labute approximate surface area is 211 Å². The van der Waals surface area contributed by atoms with Crippen molar-refractivity contribution in [1.82, 2.24) is 0 Å². The third kappa shape index (κ3) is 3.89. The van der Waals surface area contributed by atoms with E-state index in [1.54, 1.807) is 48.5 Å². The van der Waals surface area contributed by atoms with Gasteiger partial charge in [0.05, 0.1) is 16.7 Å². The number of benzene rings is 4. The molecule has 0 saturated heterocycles. The van der Waals surface area contributed by atoms with Crippen LogP contribution in [0.3, 0.4) is 0 Å². The molecule has 4 aromatic rings. The summed E-state index contributed by atoms with van der Waals surface area (Å²) >= 11 is 0. The quantitative estimate of drug-likeness (QED) is 0.231. The van der Waals surface area contributed by atoms with Crippen LogP contribution in [0.2, 0.25) is 0 Å². The summed E-state index contributed by atoms with van der Waals surface area (Å²) in [7, 11) is 0. The van der Waals surface area contributed by atoms with Crippen LogP contribution in [0.1, 0.15) is 63.7 Å². The first kappa shape index (κ1) is 23.6. The van der Waals surface area contributed by atoms with Gasteiger partial charge >= 0.3 is 17.7 Å². The van der Waals surface area contributed by atoms with E-state index in [0.29, 0.717) is 22.3 Å². The minimum atomic E-state index is -1.74. The summed E-state index contributed by atoms with van der Waals surface area (Å²) in [4.78, 5) is 27.0. The van der Waals surface area contributed by atoms with Gasteiger partial charge in [0.2, 0.25) is 0 Å². The molecule has 0 atom stereocenters. The Morgan fingerprint density at radius 2 is 1.17 bits per heavy atom. The number of carbonyl (C=O) groups excluding carboxylic acids is 2. The lowest BCUT2D eigenvalue weighted by Crippen LogP contribution is -2.38. The summed E-state index contributed by atoms with van der Waals surface area (Å²) in [5, 5.41) is 0. The van der Waals surface area contributed by atoms with Crippen LogP contribution in [-0.2, 0) is 20.7 Å². The Hall–Kier alpha value is -4.18. The van der Waals surface area contributed by atoms with Gasteiger partial charge in [-0.05, 0) is 58.9 Å². The van der Waals surface area contributed by atoms with Crippen molar-refractivity contribution < 1.29 is 19.1 Å². The second-order valence-electron chi connectivity index (χ2n) is 10.1. The Bertz CT molecular complexity index is 1390. The molecule has 4 nitrogen and oxygen atoms in total. The largest absolute Gasteiger partial charge is 0.410 e. The normalized spacial score (nSPS) is 13.4. The summed E-state index contributed by atoms with van der Waals surface area (Å²) in [5.41, 5.74) is 5.67. The van der Waals surface area contributed by atoms with Gasteiger partial charge in [-0.3, -0.25) is 0 Å². The van der Waals surface area contributed by atoms with Crippen LogP contribution in [0.25, 0.3) is 11.1 Å². The van der Waals surface area contributed by atoms with E-state index in [1.165, 1.54) is 0 Å². The minimum absolute atomic E-state index is 0.201. The number of esters is 2. The summed E-state index contributed by atoms with van der Waals surface area (Å²) in [6.07, 6.45) is 0. The predicted octanol–water partition coefficient (Wildman–Crippen LogP) is 7.19. The molecule has 36 heavy (non-hydrogen) atoms. The molecule has 4 heteroatoms. The summed E-state index contributed by atoms with van der Waals surface area (Å²) in [6, 6.07) is 29.3. The zero-order chi connectivity index (χ0) is 25.5. The van der Waals surface area contributed by atoms with Crippen molar-refractivity contribution in [2.24, 2.45) is 0 Å². The monoisotopic (exact) mass is 476 g/mol. The first-order valence-corrected chi connectivity index (χ1v) is 12.0.